The van der Waals surface area contributed by atoms with Crippen molar-refractivity contribution in [1.82, 2.24) is 0 Å². The third kappa shape index (κ3) is 3.14. The molecule has 0 aliphatic carbocycles. The fourth-order valence-corrected chi connectivity index (χ4v) is 3.25. The highest BCUT2D eigenvalue weighted by atomic mass is 127. The van der Waals surface area contributed by atoms with Crippen LogP contribution in [0.5, 0.6) is 11.5 Å². The summed E-state index contributed by atoms with van der Waals surface area (Å²) in [6.45, 7) is 1.34. The van der Waals surface area contributed by atoms with Gasteiger partial charge in [-0.3, -0.25) is 9.59 Å². The van der Waals surface area contributed by atoms with E-state index in [-0.39, 0.29) is 5.91 Å². The van der Waals surface area contributed by atoms with Crippen molar-refractivity contribution in [3.63, 3.8) is 0 Å². The van der Waals surface area contributed by atoms with Crippen molar-refractivity contribution in [2.45, 2.75) is 6.92 Å². The number of carbonyl (C=O) groups is 2. The third-order valence-electron chi connectivity index (χ3n) is 3.52. The van der Waals surface area contributed by atoms with Crippen LogP contribution in [0.15, 0.2) is 36.4 Å². The van der Waals surface area contributed by atoms with Gasteiger partial charge in [0.1, 0.15) is 0 Å². The molecule has 6 heteroatoms. The van der Waals surface area contributed by atoms with Crippen molar-refractivity contribution in [2.75, 3.05) is 12.4 Å². The zero-order valence-electron chi connectivity index (χ0n) is 13.1. The number of esters is 1. The van der Waals surface area contributed by atoms with Crippen LogP contribution in [0.2, 0.25) is 0 Å². The minimum Gasteiger partial charge on any atom is -0.493 e. The molecule has 0 atom stereocenters. The molecular weight excluding hydrogens is 421 g/mol. The number of benzene rings is 2. The Kier molecular flexibility index (Phi) is 4.57. The lowest BCUT2D eigenvalue weighted by Gasteiger charge is -2.11. The Hall–Kier alpha value is -2.35. The average molecular weight is 435 g/mol. The van der Waals surface area contributed by atoms with Crippen LogP contribution in [-0.4, -0.2) is 19.0 Å². The number of amides is 1. The largest absolute Gasteiger partial charge is 0.493 e. The molecule has 24 heavy (non-hydrogen) atoms. The summed E-state index contributed by atoms with van der Waals surface area (Å²) in [5.74, 6) is 0.260. The number of rotatable bonds is 3. The van der Waals surface area contributed by atoms with Crippen LogP contribution >= 0.6 is 22.6 Å². The topological polar surface area (TPSA) is 64.6 Å². The number of ether oxygens (including phenoxy) is 2. The number of hydrogen-bond acceptors (Lipinski definition) is 4. The van der Waals surface area contributed by atoms with Gasteiger partial charge in [0.15, 0.2) is 11.5 Å². The van der Waals surface area contributed by atoms with Crippen LogP contribution in [0.1, 0.15) is 18.1 Å². The zero-order valence-corrected chi connectivity index (χ0v) is 15.2. The van der Waals surface area contributed by atoms with E-state index in [0.29, 0.717) is 17.1 Å². The van der Waals surface area contributed by atoms with Gasteiger partial charge in [0.25, 0.3) is 5.91 Å². The van der Waals surface area contributed by atoms with Crippen LogP contribution < -0.4 is 14.8 Å². The number of nitrogens with one attached hydrogen (secondary N) is 1. The van der Waals surface area contributed by atoms with E-state index in [1.807, 2.05) is 30.3 Å². The Balaban J connectivity index is 2.06. The summed E-state index contributed by atoms with van der Waals surface area (Å²) in [6, 6.07) is 11.1. The van der Waals surface area contributed by atoms with Gasteiger partial charge in [-0.1, -0.05) is 18.2 Å². The zero-order chi connectivity index (χ0) is 17.3. The molecule has 0 spiro atoms. The predicted molar refractivity (Wildman–Crippen MR) is 100.0 cm³/mol. The van der Waals surface area contributed by atoms with Crippen molar-refractivity contribution in [1.29, 1.82) is 0 Å². The highest BCUT2D eigenvalue weighted by Gasteiger charge is 2.23. The van der Waals surface area contributed by atoms with Crippen LogP contribution in [0.3, 0.4) is 0 Å². The number of carbonyl (C=O) groups excluding carboxylic acids is 2. The molecule has 2 aromatic carbocycles. The summed E-state index contributed by atoms with van der Waals surface area (Å²) < 4.78 is 11.2. The van der Waals surface area contributed by atoms with Gasteiger partial charge in [-0.25, -0.2) is 0 Å². The molecule has 1 aliphatic rings. The fraction of sp³-hybridized carbons (Fsp3) is 0.111. The first-order valence-corrected chi connectivity index (χ1v) is 8.26. The van der Waals surface area contributed by atoms with E-state index in [9.17, 15) is 9.59 Å². The first-order valence-electron chi connectivity index (χ1n) is 7.18. The smallest absolute Gasteiger partial charge is 0.308 e. The minimum atomic E-state index is -0.415. The molecule has 1 N–H and O–H groups in total. The van der Waals surface area contributed by atoms with E-state index < -0.39 is 5.97 Å². The third-order valence-corrected chi connectivity index (χ3v) is 4.32. The molecule has 5 nitrogen and oxygen atoms in total. The SMILES string of the molecule is COc1cc(/C=C2\C(=O)Nc3ccccc32)cc(I)c1OC(C)=O. The summed E-state index contributed by atoms with van der Waals surface area (Å²) in [4.78, 5) is 23.4. The van der Waals surface area contributed by atoms with Crippen molar-refractivity contribution in [3.8, 4) is 11.5 Å². The molecule has 0 saturated heterocycles. The van der Waals surface area contributed by atoms with Crippen molar-refractivity contribution in [3.05, 3.63) is 51.1 Å². The normalized spacial score (nSPS) is 14.3. The Morgan fingerprint density at radius 2 is 2.00 bits per heavy atom. The maximum Gasteiger partial charge on any atom is 0.308 e. The second kappa shape index (κ2) is 6.64. The van der Waals surface area contributed by atoms with Gasteiger partial charge in [0, 0.05) is 23.7 Å². The lowest BCUT2D eigenvalue weighted by Crippen LogP contribution is -2.05. The van der Waals surface area contributed by atoms with Crippen LogP contribution in [0.4, 0.5) is 5.69 Å². The second-order valence-corrected chi connectivity index (χ2v) is 6.35. The molecule has 1 aliphatic heterocycles. The van der Waals surface area contributed by atoms with Gasteiger partial charge < -0.3 is 14.8 Å². The Bertz CT molecular complexity index is 873. The highest BCUT2D eigenvalue weighted by molar-refractivity contribution is 14.1. The Morgan fingerprint density at radius 3 is 2.71 bits per heavy atom. The van der Waals surface area contributed by atoms with Gasteiger partial charge in [-0.15, -0.1) is 0 Å². The first-order chi connectivity index (χ1) is 11.5. The molecule has 0 bridgehead atoms. The first kappa shape index (κ1) is 16.5. The quantitative estimate of drug-likeness (QED) is 0.346. The maximum atomic E-state index is 12.2. The molecule has 1 heterocycles. The molecule has 0 fully saturated rings. The molecule has 0 aromatic heterocycles. The molecule has 122 valence electrons. The van der Waals surface area contributed by atoms with E-state index in [4.69, 9.17) is 9.47 Å². The number of fused-ring (bicyclic) bond motifs is 1. The molecule has 0 saturated carbocycles. The number of hydrogen-bond donors (Lipinski definition) is 1. The van der Waals surface area contributed by atoms with Gasteiger partial charge in [0.2, 0.25) is 0 Å². The Morgan fingerprint density at radius 1 is 1.25 bits per heavy atom. The minimum absolute atomic E-state index is 0.144. The molecule has 2 aromatic rings. The lowest BCUT2D eigenvalue weighted by molar-refractivity contribution is -0.132. The average Bonchev–Trinajstić information content (AvgIpc) is 2.85. The van der Waals surface area contributed by atoms with E-state index in [1.54, 1.807) is 12.1 Å². The molecular formula is C18H14INO4. The number of para-hydroxylation sites is 1. The standard InChI is InChI=1S/C18H14INO4/c1-10(21)24-17-14(19)8-11(9-16(17)23-2)7-13-12-5-3-4-6-15(12)20-18(13)22/h3-9H,1-2H3,(H,20,22)/b13-7-. The highest BCUT2D eigenvalue weighted by Crippen LogP contribution is 2.37. The van der Waals surface area contributed by atoms with Crippen LogP contribution in [0.25, 0.3) is 11.6 Å². The summed E-state index contributed by atoms with van der Waals surface area (Å²) in [7, 11) is 1.51. The second-order valence-electron chi connectivity index (χ2n) is 5.19. The van der Waals surface area contributed by atoms with Gasteiger partial charge in [0.05, 0.1) is 10.7 Å². The summed E-state index contributed by atoms with van der Waals surface area (Å²) in [5, 5.41) is 2.84. The number of anilines is 1. The van der Waals surface area contributed by atoms with Crippen LogP contribution in [0, 0.1) is 3.57 Å². The van der Waals surface area contributed by atoms with E-state index in [2.05, 4.69) is 27.9 Å². The lowest BCUT2D eigenvalue weighted by atomic mass is 10.0. The summed E-state index contributed by atoms with van der Waals surface area (Å²) in [5.41, 5.74) is 3.03. The fourth-order valence-electron chi connectivity index (χ4n) is 2.51. The Labute approximate surface area is 152 Å². The summed E-state index contributed by atoms with van der Waals surface area (Å²) in [6.07, 6.45) is 1.80. The van der Waals surface area contributed by atoms with E-state index in [1.165, 1.54) is 14.0 Å². The maximum absolute atomic E-state index is 12.2. The van der Waals surface area contributed by atoms with E-state index >= 15 is 0 Å². The summed E-state index contributed by atoms with van der Waals surface area (Å²) >= 11 is 2.07. The molecule has 3 rings (SSSR count). The van der Waals surface area contributed by atoms with Crippen LogP contribution in [-0.2, 0) is 9.59 Å². The van der Waals surface area contributed by atoms with Gasteiger partial charge in [-0.2, -0.15) is 0 Å². The number of halogens is 1. The van der Waals surface area contributed by atoms with Crippen molar-refractivity contribution < 1.29 is 19.1 Å². The monoisotopic (exact) mass is 435 g/mol. The molecule has 1 amide bonds. The molecule has 0 radical (unpaired) electrons. The molecule has 0 unspecified atom stereocenters. The van der Waals surface area contributed by atoms with Gasteiger partial charge in [-0.05, 0) is 52.4 Å². The predicted octanol–water partition coefficient (Wildman–Crippen LogP) is 3.72. The van der Waals surface area contributed by atoms with Gasteiger partial charge >= 0.3 is 5.97 Å². The number of methoxy groups -OCH3 is 1. The van der Waals surface area contributed by atoms with Crippen molar-refractivity contribution >= 4 is 51.8 Å². The van der Waals surface area contributed by atoms with E-state index in [0.717, 1.165) is 20.4 Å². The van der Waals surface area contributed by atoms with Crippen molar-refractivity contribution in [2.24, 2.45) is 0 Å².